The number of aromatic nitrogens is 1. The molecular formula is C17H24ClN3O. The number of para-hydroxylation sites is 1. The van der Waals surface area contributed by atoms with Gasteiger partial charge in [-0.1, -0.05) is 18.2 Å². The van der Waals surface area contributed by atoms with Gasteiger partial charge in [0.2, 0.25) is 0 Å². The van der Waals surface area contributed by atoms with E-state index in [0.29, 0.717) is 6.54 Å². The van der Waals surface area contributed by atoms with E-state index in [1.165, 1.54) is 0 Å². The Balaban J connectivity index is 0.00000242. The molecule has 1 unspecified atom stereocenters. The summed E-state index contributed by atoms with van der Waals surface area (Å²) in [7, 11) is 1.89. The first-order valence-electron chi connectivity index (χ1n) is 7.24. The standard InChI is InChI=1S/C17H23N3O.ClH/c1-12(18-4)11-19-17(21)16-10-13(2)20(14(16)3)15-8-6-5-7-9-15;/h5-10,12,18H,11H2,1-4H3,(H,19,21);1H. The second-order valence-electron chi connectivity index (χ2n) is 5.36. The number of benzene rings is 1. The highest BCUT2D eigenvalue weighted by atomic mass is 35.5. The zero-order valence-electron chi connectivity index (χ0n) is 13.5. The summed E-state index contributed by atoms with van der Waals surface area (Å²) in [5, 5.41) is 6.08. The van der Waals surface area contributed by atoms with Crippen molar-refractivity contribution in [1.82, 2.24) is 15.2 Å². The van der Waals surface area contributed by atoms with Gasteiger partial charge in [0.05, 0.1) is 5.56 Å². The Hall–Kier alpha value is -1.78. The van der Waals surface area contributed by atoms with E-state index in [0.717, 1.165) is 22.6 Å². The van der Waals surface area contributed by atoms with Gasteiger partial charge in [-0.15, -0.1) is 12.4 Å². The first-order valence-corrected chi connectivity index (χ1v) is 7.24. The van der Waals surface area contributed by atoms with Gasteiger partial charge in [0.1, 0.15) is 0 Å². The van der Waals surface area contributed by atoms with Crippen molar-refractivity contribution in [2.24, 2.45) is 0 Å². The quantitative estimate of drug-likeness (QED) is 0.889. The van der Waals surface area contributed by atoms with Crippen LogP contribution in [0.5, 0.6) is 0 Å². The molecule has 0 spiro atoms. The molecule has 1 heterocycles. The Kier molecular flexibility index (Phi) is 6.65. The molecule has 1 aromatic carbocycles. The molecule has 0 aliphatic heterocycles. The van der Waals surface area contributed by atoms with Crippen LogP contribution in [0.25, 0.3) is 5.69 Å². The lowest BCUT2D eigenvalue weighted by Crippen LogP contribution is -2.37. The third-order valence-electron chi connectivity index (χ3n) is 3.75. The lowest BCUT2D eigenvalue weighted by atomic mass is 10.2. The minimum absolute atomic E-state index is 0. The summed E-state index contributed by atoms with van der Waals surface area (Å²) >= 11 is 0. The molecule has 0 saturated carbocycles. The second kappa shape index (κ2) is 8.01. The van der Waals surface area contributed by atoms with Gasteiger partial charge in [-0.25, -0.2) is 0 Å². The van der Waals surface area contributed by atoms with Crippen LogP contribution in [-0.2, 0) is 0 Å². The van der Waals surface area contributed by atoms with Crippen LogP contribution in [0, 0.1) is 13.8 Å². The van der Waals surface area contributed by atoms with Crippen molar-refractivity contribution in [2.45, 2.75) is 26.8 Å². The molecule has 0 bridgehead atoms. The SMILES string of the molecule is CNC(C)CNC(=O)c1cc(C)n(-c2ccccc2)c1C.Cl. The van der Waals surface area contributed by atoms with E-state index in [4.69, 9.17) is 0 Å². The number of carbonyl (C=O) groups is 1. The molecule has 0 aliphatic carbocycles. The molecule has 0 saturated heterocycles. The fraction of sp³-hybridized carbons (Fsp3) is 0.353. The van der Waals surface area contributed by atoms with E-state index in [2.05, 4.69) is 15.2 Å². The van der Waals surface area contributed by atoms with Crippen LogP contribution in [0.2, 0.25) is 0 Å². The zero-order valence-corrected chi connectivity index (χ0v) is 14.3. The lowest BCUT2D eigenvalue weighted by Gasteiger charge is -2.12. The van der Waals surface area contributed by atoms with Crippen LogP contribution < -0.4 is 10.6 Å². The third kappa shape index (κ3) is 3.90. The molecule has 4 nitrogen and oxygen atoms in total. The molecule has 0 aliphatic rings. The van der Waals surface area contributed by atoms with Crippen molar-refractivity contribution in [3.05, 3.63) is 53.3 Å². The minimum atomic E-state index is -0.0209. The molecule has 1 amide bonds. The highest BCUT2D eigenvalue weighted by molar-refractivity contribution is 5.95. The van der Waals surface area contributed by atoms with E-state index in [-0.39, 0.29) is 24.4 Å². The number of rotatable bonds is 5. The number of hydrogen-bond acceptors (Lipinski definition) is 2. The first kappa shape index (κ1) is 18.3. The maximum atomic E-state index is 12.3. The molecule has 22 heavy (non-hydrogen) atoms. The molecule has 1 aromatic heterocycles. The normalized spacial score (nSPS) is 11.6. The van der Waals surface area contributed by atoms with Gasteiger partial charge in [-0.05, 0) is 46.0 Å². The largest absolute Gasteiger partial charge is 0.350 e. The Bertz CT molecular complexity index is 622. The van der Waals surface area contributed by atoms with Crippen LogP contribution in [0.3, 0.4) is 0 Å². The number of aryl methyl sites for hydroxylation is 1. The van der Waals surface area contributed by atoms with Gasteiger partial charge in [0.15, 0.2) is 0 Å². The number of nitrogens with zero attached hydrogens (tertiary/aromatic N) is 1. The molecule has 2 N–H and O–H groups in total. The van der Waals surface area contributed by atoms with Crippen molar-refractivity contribution in [3.8, 4) is 5.69 Å². The maximum absolute atomic E-state index is 12.3. The van der Waals surface area contributed by atoms with E-state index < -0.39 is 0 Å². The topological polar surface area (TPSA) is 46.1 Å². The molecule has 120 valence electrons. The number of nitrogens with one attached hydrogen (secondary N) is 2. The van der Waals surface area contributed by atoms with E-state index >= 15 is 0 Å². The number of carbonyl (C=O) groups excluding carboxylic acids is 1. The number of halogens is 1. The van der Waals surface area contributed by atoms with Gasteiger partial charge in [0, 0.05) is 29.7 Å². The number of likely N-dealkylation sites (N-methyl/N-ethyl adjacent to an activating group) is 1. The minimum Gasteiger partial charge on any atom is -0.350 e. The average molecular weight is 322 g/mol. The summed E-state index contributed by atoms with van der Waals surface area (Å²) in [6.45, 7) is 6.65. The molecule has 0 radical (unpaired) electrons. The summed E-state index contributed by atoms with van der Waals surface area (Å²) in [6, 6.07) is 12.3. The molecule has 1 atom stereocenters. The molecule has 5 heteroatoms. The monoisotopic (exact) mass is 321 g/mol. The highest BCUT2D eigenvalue weighted by Gasteiger charge is 2.16. The van der Waals surface area contributed by atoms with Crippen LogP contribution in [0.15, 0.2) is 36.4 Å². The van der Waals surface area contributed by atoms with E-state index in [9.17, 15) is 4.79 Å². The molecule has 0 fully saturated rings. The highest BCUT2D eigenvalue weighted by Crippen LogP contribution is 2.20. The fourth-order valence-electron chi connectivity index (χ4n) is 2.41. The van der Waals surface area contributed by atoms with Crippen LogP contribution in [-0.4, -0.2) is 30.1 Å². The van der Waals surface area contributed by atoms with Crippen molar-refractivity contribution in [1.29, 1.82) is 0 Å². The van der Waals surface area contributed by atoms with Crippen LogP contribution >= 0.6 is 12.4 Å². The number of amides is 1. The third-order valence-corrected chi connectivity index (χ3v) is 3.75. The average Bonchev–Trinajstić information content (AvgIpc) is 2.80. The molecule has 2 rings (SSSR count). The fourth-order valence-corrected chi connectivity index (χ4v) is 2.41. The van der Waals surface area contributed by atoms with Crippen molar-refractivity contribution >= 4 is 18.3 Å². The predicted molar refractivity (Wildman–Crippen MR) is 93.3 cm³/mol. The number of hydrogen-bond donors (Lipinski definition) is 2. The van der Waals surface area contributed by atoms with Gasteiger partial charge < -0.3 is 15.2 Å². The van der Waals surface area contributed by atoms with Crippen molar-refractivity contribution in [3.63, 3.8) is 0 Å². The summed E-state index contributed by atoms with van der Waals surface area (Å²) < 4.78 is 2.11. The molecular weight excluding hydrogens is 298 g/mol. The van der Waals surface area contributed by atoms with Gasteiger partial charge in [0.25, 0.3) is 5.91 Å². The Labute approximate surface area is 138 Å². The van der Waals surface area contributed by atoms with Crippen LogP contribution in [0.4, 0.5) is 0 Å². The van der Waals surface area contributed by atoms with Crippen molar-refractivity contribution in [2.75, 3.05) is 13.6 Å². The summed E-state index contributed by atoms with van der Waals surface area (Å²) in [5.74, 6) is -0.0209. The van der Waals surface area contributed by atoms with Crippen LogP contribution in [0.1, 0.15) is 28.7 Å². The molecule has 2 aromatic rings. The smallest absolute Gasteiger partial charge is 0.253 e. The maximum Gasteiger partial charge on any atom is 0.253 e. The van der Waals surface area contributed by atoms with E-state index in [1.54, 1.807) is 0 Å². The Morgan fingerprint density at radius 2 is 1.86 bits per heavy atom. The predicted octanol–water partition coefficient (Wildman–Crippen LogP) is 2.85. The Morgan fingerprint density at radius 1 is 1.23 bits per heavy atom. The van der Waals surface area contributed by atoms with Gasteiger partial charge >= 0.3 is 0 Å². The summed E-state index contributed by atoms with van der Waals surface area (Å²) in [5.41, 5.74) is 3.84. The zero-order chi connectivity index (χ0) is 15.4. The Morgan fingerprint density at radius 3 is 2.45 bits per heavy atom. The second-order valence-corrected chi connectivity index (χ2v) is 5.36. The first-order chi connectivity index (χ1) is 10.0. The summed E-state index contributed by atoms with van der Waals surface area (Å²) in [4.78, 5) is 12.3. The van der Waals surface area contributed by atoms with Gasteiger partial charge in [-0.2, -0.15) is 0 Å². The lowest BCUT2D eigenvalue weighted by molar-refractivity contribution is 0.0950. The van der Waals surface area contributed by atoms with Gasteiger partial charge in [-0.3, -0.25) is 4.79 Å². The summed E-state index contributed by atoms with van der Waals surface area (Å²) in [6.07, 6.45) is 0. The van der Waals surface area contributed by atoms with Crippen molar-refractivity contribution < 1.29 is 4.79 Å². The van der Waals surface area contributed by atoms with E-state index in [1.807, 2.05) is 64.2 Å².